The van der Waals surface area contributed by atoms with Crippen molar-refractivity contribution >= 4 is 5.69 Å². The Bertz CT molecular complexity index is 392. The van der Waals surface area contributed by atoms with Crippen LogP contribution in [0, 0.1) is 5.95 Å². The van der Waals surface area contributed by atoms with Gasteiger partial charge in [0.15, 0.2) is 0 Å². The van der Waals surface area contributed by atoms with E-state index in [1.54, 1.807) is 6.20 Å². The van der Waals surface area contributed by atoms with Crippen molar-refractivity contribution in [3.8, 4) is 0 Å². The van der Waals surface area contributed by atoms with Crippen molar-refractivity contribution in [3.05, 3.63) is 24.3 Å². The smallest absolute Gasteiger partial charge is 0.212 e. The van der Waals surface area contributed by atoms with Gasteiger partial charge in [-0.2, -0.15) is 4.39 Å². The number of anilines is 1. The minimum absolute atomic E-state index is 0.401. The van der Waals surface area contributed by atoms with E-state index in [0.29, 0.717) is 6.04 Å². The first-order valence-electron chi connectivity index (χ1n) is 6.32. The molecule has 0 spiro atoms. The third-order valence-corrected chi connectivity index (χ3v) is 4.23. The van der Waals surface area contributed by atoms with Crippen molar-refractivity contribution in [2.75, 3.05) is 25.0 Å². The number of halogens is 1. The molecule has 0 N–H and O–H groups in total. The number of rotatable bonds is 1. The summed E-state index contributed by atoms with van der Waals surface area (Å²) in [5.74, 6) is -0.401. The molecule has 92 valence electrons. The van der Waals surface area contributed by atoms with Gasteiger partial charge in [0.25, 0.3) is 0 Å². The minimum atomic E-state index is -0.401. The monoisotopic (exact) mass is 235 g/mol. The summed E-state index contributed by atoms with van der Waals surface area (Å²) in [6.07, 6.45) is 5.46. The topological polar surface area (TPSA) is 19.4 Å². The second kappa shape index (κ2) is 4.26. The van der Waals surface area contributed by atoms with Gasteiger partial charge < -0.3 is 4.90 Å². The van der Waals surface area contributed by atoms with Crippen LogP contribution in [-0.2, 0) is 0 Å². The van der Waals surface area contributed by atoms with E-state index in [1.807, 2.05) is 6.07 Å². The number of aromatic nitrogens is 1. The van der Waals surface area contributed by atoms with Crippen LogP contribution in [-0.4, -0.2) is 42.1 Å². The summed E-state index contributed by atoms with van der Waals surface area (Å²) >= 11 is 0. The quantitative estimate of drug-likeness (QED) is 0.693. The van der Waals surface area contributed by atoms with Crippen molar-refractivity contribution in [2.45, 2.75) is 31.3 Å². The fraction of sp³-hybridized carbons (Fsp3) is 0.615. The molecule has 0 amide bonds. The summed E-state index contributed by atoms with van der Waals surface area (Å²) in [6, 6.07) is 4.66. The van der Waals surface area contributed by atoms with Crippen LogP contribution in [0.1, 0.15) is 19.3 Å². The highest BCUT2D eigenvalue weighted by atomic mass is 19.1. The standard InChI is InChI=1S/C13H18FN3/c1-16-10-2-3-12(16)9-17(7-6-10)11-4-5-13(14)15-8-11/h4-5,8,10,12H,2-3,6-7,9H2,1H3. The van der Waals surface area contributed by atoms with E-state index in [-0.39, 0.29) is 0 Å². The summed E-state index contributed by atoms with van der Waals surface area (Å²) in [4.78, 5) is 8.60. The minimum Gasteiger partial charge on any atom is -0.369 e. The summed E-state index contributed by atoms with van der Waals surface area (Å²) < 4.78 is 12.8. The molecule has 0 saturated carbocycles. The van der Waals surface area contributed by atoms with Crippen LogP contribution in [0.3, 0.4) is 0 Å². The molecule has 3 heterocycles. The molecular weight excluding hydrogens is 217 g/mol. The number of hydrogen-bond donors (Lipinski definition) is 0. The van der Waals surface area contributed by atoms with Crippen LogP contribution in [0.25, 0.3) is 0 Å². The lowest BCUT2D eigenvalue weighted by Gasteiger charge is -2.27. The Morgan fingerprint density at radius 3 is 2.82 bits per heavy atom. The molecule has 2 saturated heterocycles. The van der Waals surface area contributed by atoms with E-state index in [1.165, 1.54) is 25.3 Å². The molecule has 3 nitrogen and oxygen atoms in total. The number of likely N-dealkylation sites (N-methyl/N-ethyl adjacent to an activating group) is 1. The van der Waals surface area contributed by atoms with Gasteiger partial charge in [0.05, 0.1) is 11.9 Å². The summed E-state index contributed by atoms with van der Waals surface area (Å²) in [6.45, 7) is 2.10. The molecule has 2 fully saturated rings. The fourth-order valence-electron chi connectivity index (χ4n) is 3.10. The molecule has 2 bridgehead atoms. The molecule has 0 radical (unpaired) electrons. The molecular formula is C13H18FN3. The van der Waals surface area contributed by atoms with E-state index in [0.717, 1.165) is 24.8 Å². The first-order chi connectivity index (χ1) is 8.24. The number of pyridine rings is 1. The molecule has 2 atom stereocenters. The van der Waals surface area contributed by atoms with Gasteiger partial charge in [-0.05, 0) is 38.4 Å². The average molecular weight is 235 g/mol. The fourth-order valence-corrected chi connectivity index (χ4v) is 3.10. The molecule has 2 unspecified atom stereocenters. The van der Waals surface area contributed by atoms with Gasteiger partial charge in [0.2, 0.25) is 5.95 Å². The molecule has 3 rings (SSSR count). The molecule has 1 aromatic heterocycles. The van der Waals surface area contributed by atoms with Crippen LogP contribution in [0.15, 0.2) is 18.3 Å². The van der Waals surface area contributed by atoms with Gasteiger partial charge in [-0.1, -0.05) is 0 Å². The third-order valence-electron chi connectivity index (χ3n) is 4.23. The Kier molecular flexibility index (Phi) is 2.74. The Hall–Kier alpha value is -1.16. The molecule has 4 heteroatoms. The van der Waals surface area contributed by atoms with Crippen LogP contribution in [0.5, 0.6) is 0 Å². The highest BCUT2D eigenvalue weighted by Crippen LogP contribution is 2.30. The van der Waals surface area contributed by atoms with Crippen LogP contribution >= 0.6 is 0 Å². The van der Waals surface area contributed by atoms with E-state index >= 15 is 0 Å². The number of fused-ring (bicyclic) bond motifs is 2. The van der Waals surface area contributed by atoms with Crippen LogP contribution in [0.2, 0.25) is 0 Å². The largest absolute Gasteiger partial charge is 0.369 e. The average Bonchev–Trinajstić information content (AvgIpc) is 2.55. The maximum Gasteiger partial charge on any atom is 0.212 e. The molecule has 0 aromatic carbocycles. The van der Waals surface area contributed by atoms with Gasteiger partial charge in [0, 0.05) is 25.2 Å². The Morgan fingerprint density at radius 2 is 2.06 bits per heavy atom. The van der Waals surface area contributed by atoms with Crippen molar-refractivity contribution in [2.24, 2.45) is 0 Å². The predicted octanol–water partition coefficient (Wildman–Crippen LogP) is 1.89. The number of hydrogen-bond acceptors (Lipinski definition) is 3. The molecule has 1 aromatic rings. The van der Waals surface area contributed by atoms with Crippen LogP contribution in [0.4, 0.5) is 10.1 Å². The van der Waals surface area contributed by atoms with E-state index in [9.17, 15) is 4.39 Å². The normalized spacial score (nSPS) is 29.4. The van der Waals surface area contributed by atoms with Gasteiger partial charge in [-0.15, -0.1) is 0 Å². The zero-order valence-corrected chi connectivity index (χ0v) is 10.1. The van der Waals surface area contributed by atoms with Crippen molar-refractivity contribution < 1.29 is 4.39 Å². The maximum absolute atomic E-state index is 12.8. The van der Waals surface area contributed by atoms with E-state index in [2.05, 4.69) is 21.8 Å². The zero-order valence-electron chi connectivity index (χ0n) is 10.1. The molecule has 0 aliphatic carbocycles. The lowest BCUT2D eigenvalue weighted by molar-refractivity contribution is 0.254. The van der Waals surface area contributed by atoms with Gasteiger partial charge >= 0.3 is 0 Å². The van der Waals surface area contributed by atoms with Gasteiger partial charge in [-0.3, -0.25) is 4.90 Å². The summed E-state index contributed by atoms with van der Waals surface area (Å²) in [5.41, 5.74) is 1.05. The van der Waals surface area contributed by atoms with Gasteiger partial charge in [0.1, 0.15) is 0 Å². The third kappa shape index (κ3) is 2.02. The van der Waals surface area contributed by atoms with Gasteiger partial charge in [-0.25, -0.2) is 4.98 Å². The Labute approximate surface area is 101 Å². The predicted molar refractivity (Wildman–Crippen MR) is 65.6 cm³/mol. The van der Waals surface area contributed by atoms with E-state index < -0.39 is 5.95 Å². The molecule has 2 aliphatic rings. The van der Waals surface area contributed by atoms with Crippen molar-refractivity contribution in [1.29, 1.82) is 0 Å². The summed E-state index contributed by atoms with van der Waals surface area (Å²) in [5, 5.41) is 0. The second-order valence-electron chi connectivity index (χ2n) is 5.12. The number of nitrogens with zero attached hydrogens (tertiary/aromatic N) is 3. The lowest BCUT2D eigenvalue weighted by Crippen LogP contribution is -2.36. The lowest BCUT2D eigenvalue weighted by atomic mass is 10.1. The van der Waals surface area contributed by atoms with Crippen molar-refractivity contribution in [3.63, 3.8) is 0 Å². The zero-order chi connectivity index (χ0) is 11.8. The Balaban J connectivity index is 1.79. The molecule has 2 aliphatic heterocycles. The highest BCUT2D eigenvalue weighted by molar-refractivity contribution is 5.44. The highest BCUT2D eigenvalue weighted by Gasteiger charge is 2.34. The first kappa shape index (κ1) is 11.0. The molecule has 17 heavy (non-hydrogen) atoms. The van der Waals surface area contributed by atoms with Crippen LogP contribution < -0.4 is 4.90 Å². The SMILES string of the molecule is CN1C2CCC1CN(c1ccc(F)nc1)CC2. The first-order valence-corrected chi connectivity index (χ1v) is 6.32. The second-order valence-corrected chi connectivity index (χ2v) is 5.12. The Morgan fingerprint density at radius 1 is 1.24 bits per heavy atom. The maximum atomic E-state index is 12.8. The van der Waals surface area contributed by atoms with E-state index in [4.69, 9.17) is 0 Å². The van der Waals surface area contributed by atoms with Crippen molar-refractivity contribution in [1.82, 2.24) is 9.88 Å². The summed E-state index contributed by atoms with van der Waals surface area (Å²) in [7, 11) is 2.23.